The van der Waals surface area contributed by atoms with Gasteiger partial charge in [-0.25, -0.2) is 18.1 Å². The molecule has 35 heavy (non-hydrogen) atoms. The summed E-state index contributed by atoms with van der Waals surface area (Å²) in [6.45, 7) is 3.68. The first-order valence-corrected chi connectivity index (χ1v) is 13.5. The standard InChI is InChI=1S/C23H25ClN6O3S2/c1-16-5-2-8-19(24)21(16)29-22(31)20-14-26-23(34-20)28-17-6-3-7-18(13-17)35(32,33)27-9-4-11-30-12-10-25-15-30/h2-3,5-8,10,12-14,25,27H,4,9,11,15H2,1H3,(H,26,28)(H,29,31). The minimum Gasteiger partial charge on any atom is -0.373 e. The Morgan fingerprint density at radius 3 is 2.86 bits per heavy atom. The Balaban J connectivity index is 1.36. The van der Waals surface area contributed by atoms with Crippen molar-refractivity contribution in [1.29, 1.82) is 0 Å². The molecule has 0 unspecified atom stereocenters. The van der Waals surface area contributed by atoms with Gasteiger partial charge in [0.25, 0.3) is 5.91 Å². The highest BCUT2D eigenvalue weighted by molar-refractivity contribution is 7.89. The first-order chi connectivity index (χ1) is 16.8. The Bertz CT molecular complexity index is 1320. The van der Waals surface area contributed by atoms with E-state index in [1.165, 1.54) is 18.3 Å². The number of carbonyl (C=O) groups excluding carboxylic acids is 1. The summed E-state index contributed by atoms with van der Waals surface area (Å²) in [5, 5.41) is 9.88. The number of carbonyl (C=O) groups is 1. The zero-order chi connectivity index (χ0) is 24.8. The third-order valence-electron chi connectivity index (χ3n) is 5.20. The molecule has 0 aliphatic carbocycles. The average Bonchev–Trinajstić information content (AvgIpc) is 3.52. The molecular formula is C23H25ClN6O3S2. The summed E-state index contributed by atoms with van der Waals surface area (Å²) < 4.78 is 28.0. The number of nitrogens with one attached hydrogen (secondary N) is 4. The van der Waals surface area contributed by atoms with Crippen LogP contribution in [0.1, 0.15) is 21.7 Å². The number of rotatable bonds is 10. The van der Waals surface area contributed by atoms with E-state index in [1.54, 1.807) is 18.2 Å². The lowest BCUT2D eigenvalue weighted by Crippen LogP contribution is -2.28. The van der Waals surface area contributed by atoms with Crippen molar-refractivity contribution in [3.05, 3.63) is 76.5 Å². The van der Waals surface area contributed by atoms with E-state index in [2.05, 4.69) is 30.6 Å². The van der Waals surface area contributed by atoms with Gasteiger partial charge in [0, 0.05) is 31.2 Å². The fourth-order valence-corrected chi connectivity index (χ4v) is 5.49. The molecule has 1 aliphatic rings. The van der Waals surface area contributed by atoms with Crippen molar-refractivity contribution in [2.75, 3.05) is 30.4 Å². The molecule has 0 spiro atoms. The molecule has 4 N–H and O–H groups in total. The monoisotopic (exact) mass is 532 g/mol. The summed E-state index contributed by atoms with van der Waals surface area (Å²) in [4.78, 5) is 19.5. The van der Waals surface area contributed by atoms with Crippen LogP contribution in [0.15, 0.2) is 66.0 Å². The zero-order valence-corrected chi connectivity index (χ0v) is 21.3. The van der Waals surface area contributed by atoms with Gasteiger partial charge < -0.3 is 20.9 Å². The Morgan fingerprint density at radius 2 is 2.09 bits per heavy atom. The van der Waals surface area contributed by atoms with Gasteiger partial charge in [-0.3, -0.25) is 4.79 Å². The highest BCUT2D eigenvalue weighted by Gasteiger charge is 2.16. The number of para-hydroxylation sites is 1. The summed E-state index contributed by atoms with van der Waals surface area (Å²) in [6.07, 6.45) is 5.94. The van der Waals surface area contributed by atoms with E-state index in [0.717, 1.165) is 30.1 Å². The number of nitrogens with zero attached hydrogens (tertiary/aromatic N) is 2. The predicted octanol–water partition coefficient (Wildman–Crippen LogP) is 4.10. The number of aromatic nitrogens is 1. The molecule has 3 aromatic rings. The number of hydrogen-bond donors (Lipinski definition) is 4. The number of thiazole rings is 1. The van der Waals surface area contributed by atoms with E-state index in [0.29, 0.717) is 39.4 Å². The fraction of sp³-hybridized carbons (Fsp3) is 0.217. The van der Waals surface area contributed by atoms with Crippen LogP contribution in [0.2, 0.25) is 5.02 Å². The second-order valence-electron chi connectivity index (χ2n) is 7.81. The molecular weight excluding hydrogens is 508 g/mol. The lowest BCUT2D eigenvalue weighted by Gasteiger charge is -2.14. The molecule has 1 amide bonds. The highest BCUT2D eigenvalue weighted by Crippen LogP contribution is 2.28. The van der Waals surface area contributed by atoms with Gasteiger partial charge in [0.15, 0.2) is 5.13 Å². The molecule has 12 heteroatoms. The minimum absolute atomic E-state index is 0.147. The van der Waals surface area contributed by atoms with Crippen LogP contribution in [-0.2, 0) is 10.0 Å². The van der Waals surface area contributed by atoms with Crippen molar-refractivity contribution < 1.29 is 13.2 Å². The molecule has 2 aromatic carbocycles. The lowest BCUT2D eigenvalue weighted by molar-refractivity contribution is 0.103. The maximum atomic E-state index is 12.7. The molecule has 0 atom stereocenters. The van der Waals surface area contributed by atoms with Gasteiger partial charge in [-0.05, 0) is 43.2 Å². The van der Waals surface area contributed by atoms with Gasteiger partial charge in [0.2, 0.25) is 10.0 Å². The lowest BCUT2D eigenvalue weighted by atomic mass is 10.2. The smallest absolute Gasteiger partial charge is 0.267 e. The SMILES string of the molecule is Cc1cccc(Cl)c1NC(=O)c1cnc(Nc2cccc(S(=O)(=O)NCCCN3C=CNC3)c2)s1. The van der Waals surface area contributed by atoms with Crippen molar-refractivity contribution in [3.63, 3.8) is 0 Å². The van der Waals surface area contributed by atoms with Gasteiger partial charge in [-0.15, -0.1) is 0 Å². The van der Waals surface area contributed by atoms with Gasteiger partial charge in [0.05, 0.1) is 28.5 Å². The first kappa shape index (κ1) is 25.0. The normalized spacial score (nSPS) is 13.0. The van der Waals surface area contributed by atoms with Gasteiger partial charge in [-0.1, -0.05) is 41.1 Å². The van der Waals surface area contributed by atoms with Crippen molar-refractivity contribution in [1.82, 2.24) is 19.9 Å². The fourth-order valence-electron chi connectivity index (χ4n) is 3.37. The second-order valence-corrected chi connectivity index (χ2v) is 11.0. The summed E-state index contributed by atoms with van der Waals surface area (Å²) in [5.74, 6) is -0.326. The molecule has 184 valence electrons. The first-order valence-electron chi connectivity index (χ1n) is 10.8. The Labute approximate surface area is 213 Å². The van der Waals surface area contributed by atoms with Crippen LogP contribution in [0.4, 0.5) is 16.5 Å². The molecule has 0 saturated carbocycles. The number of anilines is 3. The van der Waals surface area contributed by atoms with Crippen molar-refractivity contribution in [3.8, 4) is 0 Å². The molecule has 0 fully saturated rings. The van der Waals surface area contributed by atoms with E-state index >= 15 is 0 Å². The quantitative estimate of drug-likeness (QED) is 0.290. The van der Waals surface area contributed by atoms with Gasteiger partial charge in [-0.2, -0.15) is 0 Å². The molecule has 4 rings (SSSR count). The van der Waals surface area contributed by atoms with E-state index < -0.39 is 10.0 Å². The molecule has 9 nitrogen and oxygen atoms in total. The molecule has 1 aromatic heterocycles. The molecule has 1 aliphatic heterocycles. The molecule has 2 heterocycles. The summed E-state index contributed by atoms with van der Waals surface area (Å²) in [7, 11) is -3.66. The van der Waals surface area contributed by atoms with Crippen LogP contribution in [0.25, 0.3) is 0 Å². The number of benzene rings is 2. The third kappa shape index (κ3) is 6.51. The van der Waals surface area contributed by atoms with E-state index in [1.807, 2.05) is 31.5 Å². The molecule has 0 radical (unpaired) electrons. The van der Waals surface area contributed by atoms with Crippen LogP contribution < -0.4 is 20.7 Å². The van der Waals surface area contributed by atoms with Crippen molar-refractivity contribution >= 4 is 55.4 Å². The summed E-state index contributed by atoms with van der Waals surface area (Å²) >= 11 is 7.35. The average molecular weight is 533 g/mol. The number of amides is 1. The van der Waals surface area contributed by atoms with Crippen LogP contribution in [0, 0.1) is 6.92 Å². The van der Waals surface area contributed by atoms with E-state index in [-0.39, 0.29) is 10.8 Å². The number of halogens is 1. The largest absolute Gasteiger partial charge is 0.373 e. The van der Waals surface area contributed by atoms with Crippen LogP contribution >= 0.6 is 22.9 Å². The summed E-state index contributed by atoms with van der Waals surface area (Å²) in [5.41, 5.74) is 1.95. The highest BCUT2D eigenvalue weighted by atomic mass is 35.5. The molecule has 0 bridgehead atoms. The van der Waals surface area contributed by atoms with Crippen LogP contribution in [0.5, 0.6) is 0 Å². The number of hydrogen-bond acceptors (Lipinski definition) is 8. The maximum Gasteiger partial charge on any atom is 0.267 e. The van der Waals surface area contributed by atoms with Crippen molar-refractivity contribution in [2.45, 2.75) is 18.2 Å². The number of aryl methyl sites for hydroxylation is 1. The summed E-state index contributed by atoms with van der Waals surface area (Å²) in [6, 6.07) is 11.8. The Kier molecular flexibility index (Phi) is 7.91. The second kappa shape index (κ2) is 11.1. The van der Waals surface area contributed by atoms with Crippen LogP contribution in [0.3, 0.4) is 0 Å². The molecule has 0 saturated heterocycles. The third-order valence-corrected chi connectivity index (χ3v) is 7.88. The Hall–Kier alpha value is -3.12. The van der Waals surface area contributed by atoms with Crippen LogP contribution in [-0.4, -0.2) is 44.0 Å². The van der Waals surface area contributed by atoms with Crippen molar-refractivity contribution in [2.24, 2.45) is 0 Å². The van der Waals surface area contributed by atoms with E-state index in [9.17, 15) is 13.2 Å². The van der Waals surface area contributed by atoms with Gasteiger partial charge in [0.1, 0.15) is 4.88 Å². The van der Waals surface area contributed by atoms with E-state index in [4.69, 9.17) is 11.6 Å². The predicted molar refractivity (Wildman–Crippen MR) is 140 cm³/mol. The number of sulfonamides is 1. The minimum atomic E-state index is -3.66. The Morgan fingerprint density at radius 1 is 1.26 bits per heavy atom. The topological polar surface area (TPSA) is 115 Å². The maximum absolute atomic E-state index is 12.7. The zero-order valence-electron chi connectivity index (χ0n) is 18.9. The van der Waals surface area contributed by atoms with Gasteiger partial charge >= 0.3 is 0 Å².